The van der Waals surface area contributed by atoms with Gasteiger partial charge >= 0.3 is 0 Å². The fourth-order valence-corrected chi connectivity index (χ4v) is 4.16. The van der Waals surface area contributed by atoms with Gasteiger partial charge < -0.3 is 20.2 Å². The minimum atomic E-state index is -0.993. The number of rotatable bonds is 7. The molecule has 1 atom stereocenters. The highest BCUT2D eigenvalue weighted by Crippen LogP contribution is 2.23. The Labute approximate surface area is 197 Å². The largest absolute Gasteiger partial charge is 0.383 e. The van der Waals surface area contributed by atoms with Gasteiger partial charge in [-0.2, -0.15) is 10.1 Å². The molecule has 1 fully saturated rings. The molecular formula is C24H28N8O2. The minimum absolute atomic E-state index is 0.214. The van der Waals surface area contributed by atoms with Crippen LogP contribution in [0.1, 0.15) is 17.7 Å². The monoisotopic (exact) mass is 460 g/mol. The zero-order valence-corrected chi connectivity index (χ0v) is 19.1. The summed E-state index contributed by atoms with van der Waals surface area (Å²) in [6.45, 7) is 4.14. The lowest BCUT2D eigenvalue weighted by Crippen LogP contribution is -2.52. The second kappa shape index (κ2) is 9.52. The Hall–Kier alpha value is -3.92. The third kappa shape index (κ3) is 4.72. The number of aromatic nitrogens is 5. The van der Waals surface area contributed by atoms with E-state index < -0.39 is 6.10 Å². The molecule has 0 bridgehead atoms. The van der Waals surface area contributed by atoms with E-state index in [2.05, 4.69) is 25.5 Å². The van der Waals surface area contributed by atoms with E-state index in [1.807, 2.05) is 61.7 Å². The van der Waals surface area contributed by atoms with Crippen LogP contribution < -0.4 is 10.2 Å². The number of H-pyrrole nitrogens is 1. The SMILES string of the molecule is Cc1cc(Nc2nc(N3CCN(C(=O)[C@H](O)CCc4ccccc4)CC3)nn3cccc23)n[nH]1. The predicted octanol–water partition coefficient (Wildman–Crippen LogP) is 2.15. The van der Waals surface area contributed by atoms with Crippen molar-refractivity contribution in [2.45, 2.75) is 25.9 Å². The van der Waals surface area contributed by atoms with Crippen molar-refractivity contribution in [3.63, 3.8) is 0 Å². The fraction of sp³-hybridized carbons (Fsp3) is 0.333. The number of aryl methyl sites for hydroxylation is 2. The zero-order valence-electron chi connectivity index (χ0n) is 19.1. The molecule has 10 heteroatoms. The quantitative estimate of drug-likeness (QED) is 0.387. The van der Waals surface area contributed by atoms with Gasteiger partial charge in [0.05, 0.1) is 0 Å². The molecule has 0 unspecified atom stereocenters. The molecule has 0 spiro atoms. The van der Waals surface area contributed by atoms with E-state index in [9.17, 15) is 9.90 Å². The second-order valence-corrected chi connectivity index (χ2v) is 8.51. The first-order valence-electron chi connectivity index (χ1n) is 11.5. The molecule has 3 aromatic heterocycles. The van der Waals surface area contributed by atoms with Gasteiger partial charge in [0.2, 0.25) is 5.95 Å². The highest BCUT2D eigenvalue weighted by Gasteiger charge is 2.27. The summed E-state index contributed by atoms with van der Waals surface area (Å²) in [6, 6.07) is 15.7. The van der Waals surface area contributed by atoms with Crippen LogP contribution in [0.25, 0.3) is 5.52 Å². The van der Waals surface area contributed by atoms with Crippen LogP contribution >= 0.6 is 0 Å². The van der Waals surface area contributed by atoms with E-state index in [-0.39, 0.29) is 5.91 Å². The lowest BCUT2D eigenvalue weighted by Gasteiger charge is -2.35. The van der Waals surface area contributed by atoms with Gasteiger partial charge in [0.25, 0.3) is 5.91 Å². The van der Waals surface area contributed by atoms with Gasteiger partial charge in [-0.05, 0) is 37.5 Å². The summed E-state index contributed by atoms with van der Waals surface area (Å²) in [6.07, 6.45) is 1.97. The number of carbonyl (C=O) groups excluding carboxylic acids is 1. The standard InChI is InChI=1S/C24H28N8O2/c1-17-16-21(28-27-17)25-22-19-8-5-11-32(19)29-24(26-22)31-14-12-30(13-15-31)23(34)20(33)10-9-18-6-3-2-4-7-18/h2-8,11,16,20,33H,9-10,12-15H2,1H3,(H2,25,26,27,28,29)/t20-/m1/s1. The highest BCUT2D eigenvalue weighted by molar-refractivity contribution is 5.81. The van der Waals surface area contributed by atoms with Crippen molar-refractivity contribution in [2.24, 2.45) is 0 Å². The first-order valence-corrected chi connectivity index (χ1v) is 11.5. The number of nitrogens with one attached hydrogen (secondary N) is 2. The summed E-state index contributed by atoms with van der Waals surface area (Å²) < 4.78 is 1.79. The van der Waals surface area contributed by atoms with E-state index in [1.165, 1.54) is 0 Å². The molecule has 10 nitrogen and oxygen atoms in total. The van der Waals surface area contributed by atoms with Crippen LogP contribution in [-0.2, 0) is 11.2 Å². The Balaban J connectivity index is 1.22. The van der Waals surface area contributed by atoms with Gasteiger partial charge in [0, 0.05) is 44.1 Å². The molecule has 176 valence electrons. The maximum absolute atomic E-state index is 12.8. The molecular weight excluding hydrogens is 432 g/mol. The molecule has 1 aromatic carbocycles. The number of nitrogens with zero attached hydrogens (tertiary/aromatic N) is 6. The fourth-order valence-electron chi connectivity index (χ4n) is 4.16. The number of aliphatic hydroxyl groups is 1. The Morgan fingerprint density at radius 3 is 2.68 bits per heavy atom. The zero-order chi connectivity index (χ0) is 23.5. The van der Waals surface area contributed by atoms with Gasteiger partial charge in [-0.3, -0.25) is 9.89 Å². The molecule has 3 N–H and O–H groups in total. The number of benzene rings is 1. The van der Waals surface area contributed by atoms with Crippen molar-refractivity contribution >= 4 is 29.0 Å². The number of carbonyl (C=O) groups is 1. The lowest BCUT2D eigenvalue weighted by molar-refractivity contribution is -0.140. The van der Waals surface area contributed by atoms with Crippen LogP contribution in [0.5, 0.6) is 0 Å². The molecule has 0 saturated carbocycles. The third-order valence-electron chi connectivity index (χ3n) is 6.04. The predicted molar refractivity (Wildman–Crippen MR) is 129 cm³/mol. The minimum Gasteiger partial charge on any atom is -0.383 e. The summed E-state index contributed by atoms with van der Waals surface area (Å²) in [7, 11) is 0. The molecule has 1 saturated heterocycles. The van der Waals surface area contributed by atoms with Crippen LogP contribution in [0.3, 0.4) is 0 Å². The summed E-state index contributed by atoms with van der Waals surface area (Å²) >= 11 is 0. The number of fused-ring (bicyclic) bond motifs is 1. The number of piperazine rings is 1. The first-order chi connectivity index (χ1) is 16.6. The molecule has 5 rings (SSSR count). The van der Waals surface area contributed by atoms with E-state index >= 15 is 0 Å². The van der Waals surface area contributed by atoms with Gasteiger partial charge in [0.15, 0.2) is 11.6 Å². The average molecular weight is 461 g/mol. The molecule has 0 aliphatic carbocycles. The Morgan fingerprint density at radius 2 is 1.94 bits per heavy atom. The van der Waals surface area contributed by atoms with Crippen molar-refractivity contribution in [1.29, 1.82) is 0 Å². The number of aromatic amines is 1. The molecule has 1 amide bonds. The summed E-state index contributed by atoms with van der Waals surface area (Å²) in [5.74, 6) is 1.71. The van der Waals surface area contributed by atoms with Gasteiger partial charge in [-0.25, -0.2) is 4.52 Å². The maximum Gasteiger partial charge on any atom is 0.251 e. The van der Waals surface area contributed by atoms with Crippen molar-refractivity contribution in [3.05, 3.63) is 66.0 Å². The number of hydrogen-bond donors (Lipinski definition) is 3. The topological polar surface area (TPSA) is 115 Å². The third-order valence-corrected chi connectivity index (χ3v) is 6.04. The van der Waals surface area contributed by atoms with E-state index in [1.54, 1.807) is 9.42 Å². The second-order valence-electron chi connectivity index (χ2n) is 8.51. The van der Waals surface area contributed by atoms with Crippen molar-refractivity contribution in [3.8, 4) is 0 Å². The molecule has 34 heavy (non-hydrogen) atoms. The first kappa shape index (κ1) is 21.9. The smallest absolute Gasteiger partial charge is 0.251 e. The van der Waals surface area contributed by atoms with Crippen molar-refractivity contribution in [2.75, 3.05) is 36.4 Å². The number of amides is 1. The van der Waals surface area contributed by atoms with E-state index in [0.717, 1.165) is 16.8 Å². The number of hydrogen-bond acceptors (Lipinski definition) is 7. The summed E-state index contributed by atoms with van der Waals surface area (Å²) in [5.41, 5.74) is 2.92. The molecule has 4 aromatic rings. The molecule has 1 aliphatic heterocycles. The number of anilines is 3. The normalized spacial score (nSPS) is 15.0. The Morgan fingerprint density at radius 1 is 1.15 bits per heavy atom. The van der Waals surface area contributed by atoms with Gasteiger partial charge in [-0.1, -0.05) is 30.3 Å². The van der Waals surface area contributed by atoms with Crippen molar-refractivity contribution < 1.29 is 9.90 Å². The van der Waals surface area contributed by atoms with Crippen LogP contribution in [0.15, 0.2) is 54.7 Å². The molecule has 4 heterocycles. The molecule has 1 aliphatic rings. The van der Waals surface area contributed by atoms with Crippen LogP contribution in [0, 0.1) is 6.92 Å². The van der Waals surface area contributed by atoms with Crippen LogP contribution in [0.4, 0.5) is 17.6 Å². The van der Waals surface area contributed by atoms with Gasteiger partial charge in [-0.15, -0.1) is 5.10 Å². The lowest BCUT2D eigenvalue weighted by atomic mass is 10.1. The molecule has 0 radical (unpaired) electrons. The van der Waals surface area contributed by atoms with Gasteiger partial charge in [0.1, 0.15) is 11.6 Å². The Bertz CT molecular complexity index is 1260. The number of aliphatic hydroxyl groups excluding tert-OH is 1. The Kier molecular flexibility index (Phi) is 6.13. The van der Waals surface area contributed by atoms with Crippen molar-refractivity contribution in [1.82, 2.24) is 29.7 Å². The van der Waals surface area contributed by atoms with Crippen LogP contribution in [-0.4, -0.2) is 73.0 Å². The summed E-state index contributed by atoms with van der Waals surface area (Å²) in [4.78, 5) is 21.3. The average Bonchev–Trinajstić information content (AvgIpc) is 3.51. The summed E-state index contributed by atoms with van der Waals surface area (Å²) in [5, 5.41) is 25.5. The van der Waals surface area contributed by atoms with E-state index in [4.69, 9.17) is 4.98 Å². The highest BCUT2D eigenvalue weighted by atomic mass is 16.3. The van der Waals surface area contributed by atoms with E-state index in [0.29, 0.717) is 56.6 Å². The maximum atomic E-state index is 12.8. The van der Waals surface area contributed by atoms with Crippen LogP contribution in [0.2, 0.25) is 0 Å².